The maximum Gasteiger partial charge on any atom is 0.335 e. The molecule has 0 unspecified atom stereocenters. The van der Waals surface area contributed by atoms with Crippen molar-refractivity contribution in [2.45, 2.75) is 0 Å². The van der Waals surface area contributed by atoms with Gasteiger partial charge in [-0.3, -0.25) is 0 Å². The van der Waals surface area contributed by atoms with Crippen LogP contribution in [0.4, 0.5) is 17.3 Å². The normalized spacial score (nSPS) is 15.4. The highest BCUT2D eigenvalue weighted by atomic mass is 16.4. The summed E-state index contributed by atoms with van der Waals surface area (Å²) >= 11 is 0. The number of nitrogens with one attached hydrogen (secondary N) is 1. The fraction of sp³-hybridized carbons (Fsp3) is 0.312. The molecule has 2 aromatic rings. The Morgan fingerprint density at radius 3 is 2.70 bits per heavy atom. The Balaban J connectivity index is 1.75. The van der Waals surface area contributed by atoms with E-state index < -0.39 is 5.97 Å². The first-order chi connectivity index (χ1) is 11.1. The fourth-order valence-corrected chi connectivity index (χ4v) is 2.50. The van der Waals surface area contributed by atoms with Gasteiger partial charge < -0.3 is 20.2 Å². The molecule has 3 rings (SSSR count). The Kier molecular flexibility index (Phi) is 4.38. The third-order valence-corrected chi connectivity index (χ3v) is 3.86. The van der Waals surface area contributed by atoms with Gasteiger partial charge in [-0.25, -0.2) is 14.8 Å². The molecule has 1 saturated heterocycles. The predicted octanol–water partition coefficient (Wildman–Crippen LogP) is 1.67. The molecule has 7 nitrogen and oxygen atoms in total. The van der Waals surface area contributed by atoms with Gasteiger partial charge in [-0.1, -0.05) is 6.07 Å². The van der Waals surface area contributed by atoms with Crippen LogP contribution in [-0.4, -0.2) is 59.2 Å². The van der Waals surface area contributed by atoms with E-state index in [1.807, 2.05) is 12.1 Å². The minimum Gasteiger partial charge on any atom is -0.478 e. The second-order valence-electron chi connectivity index (χ2n) is 5.56. The number of aromatic nitrogens is 2. The van der Waals surface area contributed by atoms with E-state index in [4.69, 9.17) is 5.11 Å². The minimum atomic E-state index is -0.950. The topological polar surface area (TPSA) is 81.6 Å². The lowest BCUT2D eigenvalue weighted by atomic mass is 10.2. The van der Waals surface area contributed by atoms with Crippen molar-refractivity contribution in [1.29, 1.82) is 0 Å². The van der Waals surface area contributed by atoms with Crippen molar-refractivity contribution >= 4 is 23.3 Å². The highest BCUT2D eigenvalue weighted by molar-refractivity contribution is 5.89. The van der Waals surface area contributed by atoms with E-state index in [2.05, 4.69) is 32.1 Å². The van der Waals surface area contributed by atoms with Crippen LogP contribution in [0, 0.1) is 0 Å². The Hall–Kier alpha value is -2.67. The van der Waals surface area contributed by atoms with Gasteiger partial charge in [0.15, 0.2) is 0 Å². The molecule has 0 saturated carbocycles. The summed E-state index contributed by atoms with van der Waals surface area (Å²) < 4.78 is 0. The van der Waals surface area contributed by atoms with Crippen molar-refractivity contribution in [2.75, 3.05) is 43.4 Å². The number of hydrogen-bond donors (Lipinski definition) is 2. The van der Waals surface area contributed by atoms with Gasteiger partial charge in [-0.15, -0.1) is 0 Å². The molecule has 23 heavy (non-hydrogen) atoms. The lowest BCUT2D eigenvalue weighted by molar-refractivity contribution is 0.0697. The number of hydrogen-bond acceptors (Lipinski definition) is 6. The molecule has 120 valence electrons. The number of rotatable bonds is 4. The van der Waals surface area contributed by atoms with Gasteiger partial charge in [-0.2, -0.15) is 0 Å². The Morgan fingerprint density at radius 1 is 1.17 bits per heavy atom. The summed E-state index contributed by atoms with van der Waals surface area (Å²) in [7, 11) is 2.11. The van der Waals surface area contributed by atoms with Crippen LogP contribution in [0.25, 0.3) is 0 Å². The second-order valence-corrected chi connectivity index (χ2v) is 5.56. The van der Waals surface area contributed by atoms with Crippen molar-refractivity contribution in [2.24, 2.45) is 0 Å². The molecule has 1 fully saturated rings. The monoisotopic (exact) mass is 313 g/mol. The van der Waals surface area contributed by atoms with Crippen molar-refractivity contribution in [1.82, 2.24) is 14.9 Å². The first-order valence-electron chi connectivity index (χ1n) is 7.48. The van der Waals surface area contributed by atoms with Crippen molar-refractivity contribution < 1.29 is 9.90 Å². The summed E-state index contributed by atoms with van der Waals surface area (Å²) in [5.41, 5.74) is 0.927. The maximum absolute atomic E-state index is 11.0. The molecule has 0 aliphatic carbocycles. The highest BCUT2D eigenvalue weighted by Crippen LogP contribution is 2.20. The van der Waals surface area contributed by atoms with Crippen LogP contribution in [0.15, 0.2) is 36.7 Å². The van der Waals surface area contributed by atoms with Gasteiger partial charge in [0.2, 0.25) is 0 Å². The van der Waals surface area contributed by atoms with Crippen LogP contribution >= 0.6 is 0 Å². The molecule has 7 heteroatoms. The van der Waals surface area contributed by atoms with Gasteiger partial charge in [0.1, 0.15) is 18.0 Å². The predicted molar refractivity (Wildman–Crippen MR) is 88.4 cm³/mol. The smallest absolute Gasteiger partial charge is 0.335 e. The summed E-state index contributed by atoms with van der Waals surface area (Å²) in [4.78, 5) is 24.1. The van der Waals surface area contributed by atoms with Gasteiger partial charge in [0.25, 0.3) is 0 Å². The minimum absolute atomic E-state index is 0.239. The zero-order valence-electron chi connectivity index (χ0n) is 12.9. The van der Waals surface area contributed by atoms with E-state index >= 15 is 0 Å². The molecule has 1 aliphatic rings. The van der Waals surface area contributed by atoms with E-state index in [9.17, 15) is 4.79 Å². The van der Waals surface area contributed by atoms with Crippen LogP contribution in [0.5, 0.6) is 0 Å². The number of carboxylic acids is 1. The average Bonchev–Trinajstić information content (AvgIpc) is 2.56. The maximum atomic E-state index is 11.0. The lowest BCUT2D eigenvalue weighted by Gasteiger charge is -2.33. The summed E-state index contributed by atoms with van der Waals surface area (Å²) in [5.74, 6) is 0.580. The molecule has 1 aromatic carbocycles. The van der Waals surface area contributed by atoms with E-state index in [1.165, 1.54) is 6.33 Å². The van der Waals surface area contributed by atoms with E-state index in [0.29, 0.717) is 11.5 Å². The SMILES string of the molecule is CN1CCN(c2cc(Nc3cccc(C(=O)O)c3)ncn2)CC1. The first-order valence-corrected chi connectivity index (χ1v) is 7.48. The van der Waals surface area contributed by atoms with Crippen LogP contribution in [0.2, 0.25) is 0 Å². The average molecular weight is 313 g/mol. The third kappa shape index (κ3) is 3.75. The number of aromatic carboxylic acids is 1. The Bertz CT molecular complexity index is 698. The van der Waals surface area contributed by atoms with E-state index in [1.54, 1.807) is 18.2 Å². The molecule has 2 N–H and O–H groups in total. The van der Waals surface area contributed by atoms with E-state index in [-0.39, 0.29) is 5.56 Å². The third-order valence-electron chi connectivity index (χ3n) is 3.86. The molecule has 1 aromatic heterocycles. The van der Waals surface area contributed by atoms with E-state index in [0.717, 1.165) is 32.0 Å². The summed E-state index contributed by atoms with van der Waals surface area (Å²) in [5, 5.41) is 12.2. The van der Waals surface area contributed by atoms with Crippen LogP contribution in [-0.2, 0) is 0 Å². The molecule has 0 spiro atoms. The molecular weight excluding hydrogens is 294 g/mol. The van der Waals surface area contributed by atoms with Crippen molar-refractivity contribution in [3.05, 3.63) is 42.2 Å². The summed E-state index contributed by atoms with van der Waals surface area (Å²) in [6.45, 7) is 3.88. The standard InChI is InChI=1S/C16H19N5O2/c1-20-5-7-21(8-6-20)15-10-14(17-11-18-15)19-13-4-2-3-12(9-13)16(22)23/h2-4,9-11H,5-8H2,1H3,(H,22,23)(H,17,18,19). The second kappa shape index (κ2) is 6.62. The molecule has 1 aliphatic heterocycles. The molecule has 0 bridgehead atoms. The van der Waals surface area contributed by atoms with Gasteiger partial charge in [0.05, 0.1) is 5.56 Å². The molecule has 0 radical (unpaired) electrons. The number of piperazine rings is 1. The van der Waals surface area contributed by atoms with Crippen molar-refractivity contribution in [3.8, 4) is 0 Å². The highest BCUT2D eigenvalue weighted by Gasteiger charge is 2.15. The number of carbonyl (C=O) groups is 1. The fourth-order valence-electron chi connectivity index (χ4n) is 2.50. The Labute approximate surface area is 134 Å². The Morgan fingerprint density at radius 2 is 1.96 bits per heavy atom. The van der Waals surface area contributed by atoms with Gasteiger partial charge >= 0.3 is 5.97 Å². The summed E-state index contributed by atoms with van der Waals surface area (Å²) in [6.07, 6.45) is 1.52. The number of nitrogens with zero attached hydrogens (tertiary/aromatic N) is 4. The molecule has 0 amide bonds. The molecular formula is C16H19N5O2. The zero-order valence-corrected chi connectivity index (χ0v) is 12.9. The van der Waals surface area contributed by atoms with Crippen LogP contribution in [0.1, 0.15) is 10.4 Å². The number of anilines is 3. The van der Waals surface area contributed by atoms with Gasteiger partial charge in [0, 0.05) is 37.9 Å². The quantitative estimate of drug-likeness (QED) is 0.888. The number of likely N-dealkylation sites (N-methyl/N-ethyl adjacent to an activating group) is 1. The molecule has 0 atom stereocenters. The van der Waals surface area contributed by atoms with Crippen LogP contribution in [0.3, 0.4) is 0 Å². The lowest BCUT2D eigenvalue weighted by Crippen LogP contribution is -2.44. The van der Waals surface area contributed by atoms with Crippen LogP contribution < -0.4 is 10.2 Å². The molecule has 2 heterocycles. The summed E-state index contributed by atoms with van der Waals surface area (Å²) in [6, 6.07) is 8.54. The number of benzene rings is 1. The zero-order chi connectivity index (χ0) is 16.2. The van der Waals surface area contributed by atoms with Gasteiger partial charge in [-0.05, 0) is 25.2 Å². The largest absolute Gasteiger partial charge is 0.478 e. The number of carboxylic acid groups (broad SMARTS) is 1. The first kappa shape index (κ1) is 15.2. The van der Waals surface area contributed by atoms with Crippen molar-refractivity contribution in [3.63, 3.8) is 0 Å².